The summed E-state index contributed by atoms with van der Waals surface area (Å²) in [4.78, 5) is 0. The Labute approximate surface area is 82.1 Å². The molecule has 78 valence electrons. The van der Waals surface area contributed by atoms with Gasteiger partial charge in [-0.1, -0.05) is 0 Å². The normalized spacial score (nSPS) is 33.1. The van der Waals surface area contributed by atoms with Gasteiger partial charge in [0, 0.05) is 12.8 Å². The van der Waals surface area contributed by atoms with E-state index in [1.807, 2.05) is 6.07 Å². The molecule has 2 rings (SSSR count). The third-order valence-electron chi connectivity index (χ3n) is 2.44. The van der Waals surface area contributed by atoms with Crippen LogP contribution < -0.4 is 0 Å². The van der Waals surface area contributed by atoms with Crippen LogP contribution in [0.25, 0.3) is 0 Å². The van der Waals surface area contributed by atoms with E-state index in [1.165, 1.54) is 0 Å². The van der Waals surface area contributed by atoms with Crippen LogP contribution in [0.2, 0.25) is 0 Å². The molecule has 0 aromatic carbocycles. The molecule has 2 unspecified atom stereocenters. The molecule has 1 aliphatic heterocycles. The van der Waals surface area contributed by atoms with Gasteiger partial charge in [-0.3, -0.25) is 0 Å². The lowest BCUT2D eigenvalue weighted by atomic mass is 10.00. The fraction of sp³-hybridized carbons (Fsp3) is 0.600. The zero-order valence-corrected chi connectivity index (χ0v) is 7.80. The average Bonchev–Trinajstić information content (AvgIpc) is 2.69. The van der Waals surface area contributed by atoms with Gasteiger partial charge in [-0.05, 0) is 12.1 Å². The smallest absolute Gasteiger partial charge is 0.132 e. The van der Waals surface area contributed by atoms with Gasteiger partial charge in [-0.2, -0.15) is 0 Å². The molecule has 4 heteroatoms. The van der Waals surface area contributed by atoms with Crippen molar-refractivity contribution >= 4 is 0 Å². The molecule has 3 atom stereocenters. The van der Waals surface area contributed by atoms with Gasteiger partial charge >= 0.3 is 0 Å². The number of aliphatic hydroxyl groups is 2. The van der Waals surface area contributed by atoms with E-state index in [0.29, 0.717) is 18.6 Å². The summed E-state index contributed by atoms with van der Waals surface area (Å²) in [6.45, 7) is -0.0612. The summed E-state index contributed by atoms with van der Waals surface area (Å²) >= 11 is 0. The van der Waals surface area contributed by atoms with E-state index < -0.39 is 6.10 Å². The molecule has 14 heavy (non-hydrogen) atoms. The number of aliphatic hydroxyl groups excluding tert-OH is 2. The van der Waals surface area contributed by atoms with E-state index in [2.05, 4.69) is 0 Å². The summed E-state index contributed by atoms with van der Waals surface area (Å²) in [5, 5.41) is 18.5. The summed E-state index contributed by atoms with van der Waals surface area (Å²) in [6, 6.07) is 3.60. The van der Waals surface area contributed by atoms with Crippen molar-refractivity contribution in [2.24, 2.45) is 0 Å². The minimum Gasteiger partial charge on any atom is -0.467 e. The molecule has 0 aliphatic carbocycles. The second kappa shape index (κ2) is 4.13. The first-order valence-corrected chi connectivity index (χ1v) is 4.77. The molecule has 1 aliphatic rings. The van der Waals surface area contributed by atoms with Gasteiger partial charge in [0.05, 0.1) is 25.1 Å². The Bertz CT molecular complexity index is 270. The van der Waals surface area contributed by atoms with E-state index >= 15 is 0 Å². The van der Waals surface area contributed by atoms with Crippen LogP contribution in [-0.2, 0) is 4.74 Å². The highest BCUT2D eigenvalue weighted by Gasteiger charge is 2.30. The van der Waals surface area contributed by atoms with Crippen LogP contribution in [0.3, 0.4) is 0 Å². The van der Waals surface area contributed by atoms with E-state index in [-0.39, 0.29) is 18.8 Å². The maximum atomic E-state index is 9.55. The van der Waals surface area contributed by atoms with Crippen LogP contribution in [-0.4, -0.2) is 29.0 Å². The van der Waals surface area contributed by atoms with Crippen molar-refractivity contribution in [2.75, 3.05) is 6.61 Å². The van der Waals surface area contributed by atoms with Crippen LogP contribution in [0.5, 0.6) is 0 Å². The highest BCUT2D eigenvalue weighted by Crippen LogP contribution is 2.31. The second-order valence-corrected chi connectivity index (χ2v) is 3.57. The largest absolute Gasteiger partial charge is 0.467 e. The molecule has 2 heterocycles. The monoisotopic (exact) mass is 198 g/mol. The quantitative estimate of drug-likeness (QED) is 0.739. The fourth-order valence-corrected chi connectivity index (χ4v) is 1.77. The molecule has 2 N–H and O–H groups in total. The van der Waals surface area contributed by atoms with Gasteiger partial charge in [0.1, 0.15) is 11.9 Å². The van der Waals surface area contributed by atoms with Crippen LogP contribution >= 0.6 is 0 Å². The molecular formula is C10H14O4. The van der Waals surface area contributed by atoms with Crippen molar-refractivity contribution in [3.05, 3.63) is 24.2 Å². The lowest BCUT2D eigenvalue weighted by Gasteiger charge is -2.31. The van der Waals surface area contributed by atoms with Crippen molar-refractivity contribution < 1.29 is 19.4 Å². The van der Waals surface area contributed by atoms with Crippen molar-refractivity contribution in [1.82, 2.24) is 0 Å². The summed E-state index contributed by atoms with van der Waals surface area (Å²) in [7, 11) is 0. The van der Waals surface area contributed by atoms with Crippen LogP contribution in [0.4, 0.5) is 0 Å². The zero-order chi connectivity index (χ0) is 9.97. The van der Waals surface area contributed by atoms with Crippen LogP contribution in [0.15, 0.2) is 22.8 Å². The van der Waals surface area contributed by atoms with Crippen molar-refractivity contribution in [2.45, 2.75) is 31.2 Å². The van der Waals surface area contributed by atoms with Gasteiger partial charge < -0.3 is 19.4 Å². The topological polar surface area (TPSA) is 62.8 Å². The highest BCUT2D eigenvalue weighted by atomic mass is 16.5. The summed E-state index contributed by atoms with van der Waals surface area (Å²) < 4.78 is 10.7. The molecule has 1 saturated heterocycles. The summed E-state index contributed by atoms with van der Waals surface area (Å²) in [6.07, 6.45) is 1.67. The minimum absolute atomic E-state index is 0.0612. The van der Waals surface area contributed by atoms with Crippen LogP contribution in [0, 0.1) is 0 Å². The Hall–Kier alpha value is -0.840. The number of hydrogen-bond donors (Lipinski definition) is 2. The molecule has 0 amide bonds. The van der Waals surface area contributed by atoms with Gasteiger partial charge in [0.25, 0.3) is 0 Å². The van der Waals surface area contributed by atoms with Crippen molar-refractivity contribution in [1.29, 1.82) is 0 Å². The first-order chi connectivity index (χ1) is 6.79. The third-order valence-corrected chi connectivity index (χ3v) is 2.44. The maximum absolute atomic E-state index is 9.55. The molecule has 1 fully saturated rings. The summed E-state index contributed by atoms with van der Waals surface area (Å²) in [5.74, 6) is 0.710. The van der Waals surface area contributed by atoms with E-state index in [1.54, 1.807) is 12.3 Å². The van der Waals surface area contributed by atoms with Gasteiger partial charge in [-0.25, -0.2) is 0 Å². The second-order valence-electron chi connectivity index (χ2n) is 3.57. The lowest BCUT2D eigenvalue weighted by molar-refractivity contribution is -0.120. The van der Waals surface area contributed by atoms with E-state index in [0.717, 1.165) is 0 Å². The molecular weight excluding hydrogens is 184 g/mol. The number of ether oxygens (including phenoxy) is 1. The molecule has 0 bridgehead atoms. The van der Waals surface area contributed by atoms with Crippen LogP contribution in [0.1, 0.15) is 24.7 Å². The Morgan fingerprint density at radius 3 is 2.93 bits per heavy atom. The zero-order valence-electron chi connectivity index (χ0n) is 7.80. The van der Waals surface area contributed by atoms with Gasteiger partial charge in [0.15, 0.2) is 0 Å². The number of hydrogen-bond acceptors (Lipinski definition) is 4. The van der Waals surface area contributed by atoms with Crippen molar-refractivity contribution in [3.8, 4) is 0 Å². The standard InChI is InChI=1S/C10H14O4/c11-6-8-4-7(12)5-10(14-8)9-2-1-3-13-9/h1-3,7-8,10-12H,4-6H2/t7?,8?,10-/m0/s1. The predicted octanol–water partition coefficient (Wildman–Crippen LogP) is 0.853. The molecule has 1 aromatic heterocycles. The molecule has 0 radical (unpaired) electrons. The average molecular weight is 198 g/mol. The number of furan rings is 1. The highest BCUT2D eigenvalue weighted by molar-refractivity contribution is 5.03. The molecule has 0 saturated carbocycles. The SMILES string of the molecule is OCC1CC(O)C[C@@H](c2ccco2)O1. The molecule has 1 aromatic rings. The summed E-state index contributed by atoms with van der Waals surface area (Å²) in [5.41, 5.74) is 0. The van der Waals surface area contributed by atoms with Gasteiger partial charge in [-0.15, -0.1) is 0 Å². The third kappa shape index (κ3) is 1.97. The molecule has 4 nitrogen and oxygen atoms in total. The van der Waals surface area contributed by atoms with Gasteiger partial charge in [0.2, 0.25) is 0 Å². The Morgan fingerprint density at radius 1 is 1.43 bits per heavy atom. The fourth-order valence-electron chi connectivity index (χ4n) is 1.77. The van der Waals surface area contributed by atoms with E-state index in [4.69, 9.17) is 14.3 Å². The maximum Gasteiger partial charge on any atom is 0.132 e. The molecule has 0 spiro atoms. The lowest BCUT2D eigenvalue weighted by Crippen LogP contribution is -2.33. The Morgan fingerprint density at radius 2 is 2.29 bits per heavy atom. The Balaban J connectivity index is 2.05. The number of rotatable bonds is 2. The Kier molecular flexibility index (Phi) is 2.86. The minimum atomic E-state index is -0.420. The van der Waals surface area contributed by atoms with Crippen molar-refractivity contribution in [3.63, 3.8) is 0 Å². The van der Waals surface area contributed by atoms with E-state index in [9.17, 15) is 5.11 Å². The first kappa shape index (κ1) is 9.71. The predicted molar refractivity (Wildman–Crippen MR) is 48.6 cm³/mol. The first-order valence-electron chi connectivity index (χ1n) is 4.77.